The Hall–Kier alpha value is 0.280. The Bertz CT molecular complexity index is 107. The molecule has 0 N–H and O–H groups in total. The third-order valence-electron chi connectivity index (χ3n) is 0.976. The second-order valence-corrected chi connectivity index (χ2v) is 1.60. The van der Waals surface area contributed by atoms with E-state index in [9.17, 15) is 4.79 Å². The van der Waals surface area contributed by atoms with Crippen molar-refractivity contribution in [3.8, 4) is 0 Å². The largest absolute Gasteiger partial charge is 1.00 e. The predicted octanol–water partition coefficient (Wildman–Crippen LogP) is -1.89. The van der Waals surface area contributed by atoms with E-state index >= 15 is 0 Å². The Morgan fingerprint density at radius 2 is 2.38 bits per heavy atom. The molecule has 0 aromatic rings. The van der Waals surface area contributed by atoms with Crippen LogP contribution in [-0.2, 0) is 4.79 Å². The number of ketones is 1. The fourth-order valence-corrected chi connectivity index (χ4v) is 0.581. The van der Waals surface area contributed by atoms with Gasteiger partial charge in [0.05, 0.1) is 5.78 Å². The summed E-state index contributed by atoms with van der Waals surface area (Å²) in [5.74, 6) is 0.252. The number of carbonyl (C=O) groups excluding carboxylic acids is 1. The van der Waals surface area contributed by atoms with Gasteiger partial charge < -0.3 is 4.79 Å². The van der Waals surface area contributed by atoms with Gasteiger partial charge >= 0.3 is 29.6 Å². The first-order valence-electron chi connectivity index (χ1n) is 2.42. The molecule has 0 radical (unpaired) electrons. The van der Waals surface area contributed by atoms with Crippen molar-refractivity contribution >= 4 is 5.78 Å². The quantitative estimate of drug-likeness (QED) is 0.268. The van der Waals surface area contributed by atoms with E-state index < -0.39 is 0 Å². The smallest absolute Gasteiger partial charge is 0.316 e. The molecule has 0 fully saturated rings. The maximum Gasteiger partial charge on any atom is 1.00 e. The van der Waals surface area contributed by atoms with Crippen LogP contribution in [0.15, 0.2) is 12.2 Å². The van der Waals surface area contributed by atoms with Gasteiger partial charge in [0, 0.05) is 0 Å². The summed E-state index contributed by atoms with van der Waals surface area (Å²) in [7, 11) is 0. The van der Waals surface area contributed by atoms with Crippen molar-refractivity contribution in [3.63, 3.8) is 0 Å². The molecule has 1 aliphatic carbocycles. The van der Waals surface area contributed by atoms with Crippen LogP contribution in [0.1, 0.15) is 12.8 Å². The van der Waals surface area contributed by atoms with E-state index in [1.165, 1.54) is 0 Å². The van der Waals surface area contributed by atoms with Gasteiger partial charge in [0.2, 0.25) is 0 Å². The van der Waals surface area contributed by atoms with Crippen LogP contribution in [0.5, 0.6) is 0 Å². The van der Waals surface area contributed by atoms with Crippen molar-refractivity contribution in [2.24, 2.45) is 0 Å². The van der Waals surface area contributed by atoms with Crippen molar-refractivity contribution in [2.45, 2.75) is 12.8 Å². The van der Waals surface area contributed by atoms with Crippen LogP contribution in [-0.4, -0.2) is 5.78 Å². The van der Waals surface area contributed by atoms with Gasteiger partial charge in [0.25, 0.3) is 0 Å². The van der Waals surface area contributed by atoms with Gasteiger partial charge in [-0.1, -0.05) is 6.42 Å². The minimum atomic E-state index is 0. The number of rotatable bonds is 0. The molecule has 0 saturated carbocycles. The fourth-order valence-electron chi connectivity index (χ4n) is 0.581. The molecule has 2 heteroatoms. The van der Waals surface area contributed by atoms with Crippen LogP contribution in [0, 0.1) is 6.42 Å². The molecule has 1 nitrogen and oxygen atoms in total. The summed E-state index contributed by atoms with van der Waals surface area (Å²) in [6.07, 6.45) is 7.06. The van der Waals surface area contributed by atoms with Crippen LogP contribution in [0.3, 0.4) is 0 Å². The number of hydrogen-bond acceptors (Lipinski definition) is 1. The zero-order valence-corrected chi connectivity index (χ0v) is 7.05. The van der Waals surface area contributed by atoms with E-state index in [2.05, 4.69) is 0 Å². The number of hydrogen-bond donors (Lipinski definition) is 0. The Morgan fingerprint density at radius 3 is 2.62 bits per heavy atom. The molecule has 38 valence electrons. The first kappa shape index (κ1) is 8.28. The maximum atomic E-state index is 10.4. The maximum absolute atomic E-state index is 10.4. The van der Waals surface area contributed by atoms with Crippen molar-refractivity contribution < 1.29 is 34.4 Å². The third kappa shape index (κ3) is 2.55. The topological polar surface area (TPSA) is 17.1 Å². The summed E-state index contributed by atoms with van der Waals surface area (Å²) in [6.45, 7) is 0. The van der Waals surface area contributed by atoms with Crippen molar-refractivity contribution in [1.29, 1.82) is 0 Å². The molecule has 0 spiro atoms. The Morgan fingerprint density at radius 1 is 1.62 bits per heavy atom. The molecule has 0 heterocycles. The summed E-state index contributed by atoms with van der Waals surface area (Å²) in [5.41, 5.74) is 0. The number of allylic oxidation sites excluding steroid dienone is 2. The molecule has 8 heavy (non-hydrogen) atoms. The van der Waals surface area contributed by atoms with Gasteiger partial charge in [0.15, 0.2) is 0 Å². The second-order valence-electron chi connectivity index (χ2n) is 1.60. The summed E-state index contributed by atoms with van der Waals surface area (Å²) in [6, 6.07) is 0. The minimum Gasteiger partial charge on any atom is -0.316 e. The van der Waals surface area contributed by atoms with Crippen LogP contribution in [0.25, 0.3) is 0 Å². The van der Waals surface area contributed by atoms with Gasteiger partial charge in [-0.25, -0.2) is 12.2 Å². The van der Waals surface area contributed by atoms with E-state index in [-0.39, 0.29) is 35.3 Å². The Balaban J connectivity index is 0.000000490. The zero-order chi connectivity index (χ0) is 5.11. The minimum absolute atomic E-state index is 0. The molecule has 0 aliphatic heterocycles. The zero-order valence-electron chi connectivity index (χ0n) is 5.05. The average Bonchev–Trinajstić information content (AvgIpc) is 1.69. The Kier molecular flexibility index (Phi) is 4.33. The molecule has 0 atom stereocenters. The molecule has 0 unspecified atom stereocenters. The second kappa shape index (κ2) is 4.19. The van der Waals surface area contributed by atoms with Crippen molar-refractivity contribution in [1.82, 2.24) is 0 Å². The Labute approximate surface area is 71.4 Å². The van der Waals surface area contributed by atoms with Gasteiger partial charge in [-0.2, -0.15) is 6.42 Å². The molecule has 0 aromatic carbocycles. The predicted molar refractivity (Wildman–Crippen MR) is 27.7 cm³/mol. The van der Waals surface area contributed by atoms with E-state index in [0.717, 1.165) is 6.42 Å². The molecule has 0 aromatic heterocycles. The van der Waals surface area contributed by atoms with Crippen molar-refractivity contribution in [3.05, 3.63) is 18.6 Å². The van der Waals surface area contributed by atoms with E-state index in [4.69, 9.17) is 0 Å². The molecular weight excluding hydrogens is 111 g/mol. The third-order valence-corrected chi connectivity index (χ3v) is 0.976. The van der Waals surface area contributed by atoms with Gasteiger partial charge in [-0.3, -0.25) is 0 Å². The molecule has 0 bridgehead atoms. The van der Waals surface area contributed by atoms with E-state index in [1.807, 2.05) is 12.2 Å². The molecule has 1 rings (SSSR count). The van der Waals surface area contributed by atoms with Gasteiger partial charge in [0.1, 0.15) is 0 Å². The van der Waals surface area contributed by atoms with Crippen LogP contribution in [0.4, 0.5) is 0 Å². The SMILES string of the molecule is O=C1[CH-]C=CCC1.[Na+]. The fraction of sp³-hybridized carbons (Fsp3) is 0.333. The summed E-state index contributed by atoms with van der Waals surface area (Å²) in [5, 5.41) is 0. The molecule has 0 amide bonds. The normalized spacial score (nSPS) is 16.8. The molecular formula is C6H7NaO. The summed E-state index contributed by atoms with van der Waals surface area (Å²) < 4.78 is 0. The van der Waals surface area contributed by atoms with Gasteiger partial charge in [-0.05, 0) is 6.42 Å². The first-order valence-corrected chi connectivity index (χ1v) is 2.42. The summed E-state index contributed by atoms with van der Waals surface area (Å²) >= 11 is 0. The van der Waals surface area contributed by atoms with Crippen LogP contribution in [0.2, 0.25) is 0 Å². The molecule has 1 aliphatic rings. The van der Waals surface area contributed by atoms with Crippen LogP contribution < -0.4 is 29.6 Å². The van der Waals surface area contributed by atoms with Gasteiger partial charge in [-0.15, -0.1) is 0 Å². The monoisotopic (exact) mass is 118 g/mol. The number of Topliss-reactive ketones (excluding diaryl/α,β-unsaturated/α-hetero) is 1. The molecule has 0 saturated heterocycles. The average molecular weight is 118 g/mol. The van der Waals surface area contributed by atoms with E-state index in [0.29, 0.717) is 6.42 Å². The first-order chi connectivity index (χ1) is 3.39. The standard InChI is InChI=1S/C6H7O.Na/c7-6-4-2-1-3-5-6;/h1-2,4H,3,5H2;/q-1;+1. The summed E-state index contributed by atoms with van der Waals surface area (Å²) in [4.78, 5) is 10.4. The van der Waals surface area contributed by atoms with E-state index in [1.54, 1.807) is 6.42 Å². The number of carbonyl (C=O) groups is 1. The van der Waals surface area contributed by atoms with Crippen LogP contribution >= 0.6 is 0 Å². The van der Waals surface area contributed by atoms with Crippen molar-refractivity contribution in [2.75, 3.05) is 0 Å².